The quantitative estimate of drug-likeness (QED) is 0.735. The summed E-state index contributed by atoms with van der Waals surface area (Å²) in [6.07, 6.45) is 5.24. The molecule has 1 rings (SSSR count). The van der Waals surface area contributed by atoms with Crippen molar-refractivity contribution in [2.75, 3.05) is 11.9 Å². The largest absolute Gasteiger partial charge is 0.385 e. The van der Waals surface area contributed by atoms with Gasteiger partial charge in [0, 0.05) is 16.7 Å². The van der Waals surface area contributed by atoms with Crippen LogP contribution in [-0.2, 0) is 0 Å². The minimum atomic E-state index is 1.08. The molecule has 0 aliphatic heterocycles. The highest BCUT2D eigenvalue weighted by molar-refractivity contribution is 9.10. The fourth-order valence-corrected chi connectivity index (χ4v) is 2.23. The standard InChI is InChI=1S/C13H20BrN/c1-3-4-5-6-7-15-13-9-11(2)8-12(14)10-13/h8-10,15H,3-7H2,1-2H3. The Hall–Kier alpha value is -0.500. The lowest BCUT2D eigenvalue weighted by molar-refractivity contribution is 0.685. The molecule has 0 saturated heterocycles. The number of hydrogen-bond acceptors (Lipinski definition) is 1. The van der Waals surface area contributed by atoms with Crippen LogP contribution in [0.5, 0.6) is 0 Å². The summed E-state index contributed by atoms with van der Waals surface area (Å²) in [4.78, 5) is 0. The lowest BCUT2D eigenvalue weighted by Gasteiger charge is -2.07. The Labute approximate surface area is 101 Å². The Kier molecular flexibility index (Phi) is 5.77. The van der Waals surface area contributed by atoms with Crippen molar-refractivity contribution in [2.45, 2.75) is 39.5 Å². The van der Waals surface area contributed by atoms with Crippen LogP contribution in [0.4, 0.5) is 5.69 Å². The van der Waals surface area contributed by atoms with Crippen molar-refractivity contribution in [3.63, 3.8) is 0 Å². The first-order valence-corrected chi connectivity index (χ1v) is 6.52. The van der Waals surface area contributed by atoms with Crippen molar-refractivity contribution in [3.8, 4) is 0 Å². The smallest absolute Gasteiger partial charge is 0.0354 e. The van der Waals surface area contributed by atoms with E-state index in [1.54, 1.807) is 0 Å². The second-order valence-electron chi connectivity index (χ2n) is 4.00. The molecular weight excluding hydrogens is 250 g/mol. The Bertz CT molecular complexity index is 276. The zero-order chi connectivity index (χ0) is 11.1. The number of rotatable bonds is 6. The third kappa shape index (κ3) is 5.22. The molecule has 0 heterocycles. The minimum absolute atomic E-state index is 1.08. The first-order chi connectivity index (χ1) is 7.22. The summed E-state index contributed by atoms with van der Waals surface area (Å²) < 4.78 is 1.15. The van der Waals surface area contributed by atoms with E-state index in [4.69, 9.17) is 0 Å². The Morgan fingerprint density at radius 1 is 1.13 bits per heavy atom. The average Bonchev–Trinajstić information content (AvgIpc) is 2.16. The van der Waals surface area contributed by atoms with Gasteiger partial charge in [-0.25, -0.2) is 0 Å². The van der Waals surface area contributed by atoms with Crippen LogP contribution in [0.25, 0.3) is 0 Å². The van der Waals surface area contributed by atoms with Gasteiger partial charge < -0.3 is 5.32 Å². The fraction of sp³-hybridized carbons (Fsp3) is 0.538. The molecule has 2 heteroatoms. The zero-order valence-corrected chi connectivity index (χ0v) is 11.2. The first kappa shape index (κ1) is 12.6. The Morgan fingerprint density at radius 2 is 1.93 bits per heavy atom. The maximum absolute atomic E-state index is 3.51. The first-order valence-electron chi connectivity index (χ1n) is 5.73. The van der Waals surface area contributed by atoms with Gasteiger partial charge in [-0.05, 0) is 37.1 Å². The number of benzene rings is 1. The number of aryl methyl sites for hydroxylation is 1. The monoisotopic (exact) mass is 269 g/mol. The molecule has 1 aromatic carbocycles. The molecule has 15 heavy (non-hydrogen) atoms. The molecule has 0 saturated carbocycles. The summed E-state index contributed by atoms with van der Waals surface area (Å²) in [5.41, 5.74) is 2.51. The molecule has 0 spiro atoms. The molecule has 0 atom stereocenters. The van der Waals surface area contributed by atoms with Crippen molar-refractivity contribution in [3.05, 3.63) is 28.2 Å². The molecule has 1 nitrogen and oxygen atoms in total. The summed E-state index contributed by atoms with van der Waals surface area (Å²) in [6.45, 7) is 5.44. The Morgan fingerprint density at radius 3 is 2.60 bits per heavy atom. The summed E-state index contributed by atoms with van der Waals surface area (Å²) >= 11 is 3.51. The molecule has 1 aromatic rings. The van der Waals surface area contributed by atoms with Gasteiger partial charge in [-0.2, -0.15) is 0 Å². The van der Waals surface area contributed by atoms with Crippen molar-refractivity contribution < 1.29 is 0 Å². The van der Waals surface area contributed by atoms with E-state index in [1.807, 2.05) is 0 Å². The average molecular weight is 270 g/mol. The molecule has 0 unspecified atom stereocenters. The van der Waals surface area contributed by atoms with Crippen LogP contribution < -0.4 is 5.32 Å². The van der Waals surface area contributed by atoms with E-state index < -0.39 is 0 Å². The number of nitrogens with one attached hydrogen (secondary N) is 1. The van der Waals surface area contributed by atoms with E-state index >= 15 is 0 Å². The minimum Gasteiger partial charge on any atom is -0.385 e. The summed E-state index contributed by atoms with van der Waals surface area (Å²) in [5, 5.41) is 3.46. The predicted molar refractivity (Wildman–Crippen MR) is 71.5 cm³/mol. The van der Waals surface area contributed by atoms with Gasteiger partial charge in [0.2, 0.25) is 0 Å². The van der Waals surface area contributed by atoms with Crippen LogP contribution in [0.3, 0.4) is 0 Å². The van der Waals surface area contributed by atoms with Gasteiger partial charge in [0.05, 0.1) is 0 Å². The molecule has 0 aliphatic carbocycles. The van der Waals surface area contributed by atoms with Crippen LogP contribution in [0.1, 0.15) is 38.2 Å². The van der Waals surface area contributed by atoms with Gasteiger partial charge in [-0.3, -0.25) is 0 Å². The van der Waals surface area contributed by atoms with Crippen LogP contribution >= 0.6 is 15.9 Å². The van der Waals surface area contributed by atoms with E-state index in [2.05, 4.69) is 53.3 Å². The van der Waals surface area contributed by atoms with Gasteiger partial charge in [0.15, 0.2) is 0 Å². The molecule has 0 aromatic heterocycles. The lowest BCUT2D eigenvalue weighted by Crippen LogP contribution is -2.01. The van der Waals surface area contributed by atoms with Gasteiger partial charge >= 0.3 is 0 Å². The van der Waals surface area contributed by atoms with Crippen LogP contribution in [0, 0.1) is 6.92 Å². The molecular formula is C13H20BrN. The van der Waals surface area contributed by atoms with E-state index in [-0.39, 0.29) is 0 Å². The molecule has 84 valence electrons. The second-order valence-corrected chi connectivity index (χ2v) is 4.92. The summed E-state index contributed by atoms with van der Waals surface area (Å²) in [7, 11) is 0. The van der Waals surface area contributed by atoms with Gasteiger partial charge in [0.25, 0.3) is 0 Å². The highest BCUT2D eigenvalue weighted by Crippen LogP contribution is 2.19. The van der Waals surface area contributed by atoms with Crippen molar-refractivity contribution in [1.29, 1.82) is 0 Å². The highest BCUT2D eigenvalue weighted by atomic mass is 79.9. The second kappa shape index (κ2) is 6.89. The third-order valence-electron chi connectivity index (χ3n) is 2.40. The van der Waals surface area contributed by atoms with Crippen LogP contribution in [0.2, 0.25) is 0 Å². The molecule has 1 N–H and O–H groups in total. The van der Waals surface area contributed by atoms with Crippen molar-refractivity contribution in [2.24, 2.45) is 0 Å². The molecule has 0 radical (unpaired) electrons. The summed E-state index contributed by atoms with van der Waals surface area (Å²) in [5.74, 6) is 0. The van der Waals surface area contributed by atoms with Crippen LogP contribution in [0.15, 0.2) is 22.7 Å². The van der Waals surface area contributed by atoms with Gasteiger partial charge in [-0.1, -0.05) is 42.1 Å². The Balaban J connectivity index is 2.31. The normalized spacial score (nSPS) is 10.3. The van der Waals surface area contributed by atoms with Crippen molar-refractivity contribution >= 4 is 21.6 Å². The topological polar surface area (TPSA) is 12.0 Å². The maximum Gasteiger partial charge on any atom is 0.0354 e. The maximum atomic E-state index is 3.51. The number of hydrogen-bond donors (Lipinski definition) is 1. The number of halogens is 1. The van der Waals surface area contributed by atoms with E-state index in [1.165, 1.54) is 36.9 Å². The SMILES string of the molecule is CCCCCCNc1cc(C)cc(Br)c1. The molecule has 0 amide bonds. The van der Waals surface area contributed by atoms with E-state index in [9.17, 15) is 0 Å². The summed E-state index contributed by atoms with van der Waals surface area (Å²) in [6, 6.07) is 6.44. The zero-order valence-electron chi connectivity index (χ0n) is 9.65. The highest BCUT2D eigenvalue weighted by Gasteiger charge is 1.95. The van der Waals surface area contributed by atoms with E-state index in [0.717, 1.165) is 11.0 Å². The van der Waals surface area contributed by atoms with E-state index in [0.29, 0.717) is 0 Å². The predicted octanol–water partition coefficient (Wildman–Crippen LogP) is 4.75. The van der Waals surface area contributed by atoms with Gasteiger partial charge in [-0.15, -0.1) is 0 Å². The fourth-order valence-electron chi connectivity index (χ4n) is 1.62. The lowest BCUT2D eigenvalue weighted by atomic mass is 10.2. The molecule has 0 aliphatic rings. The molecule has 0 fully saturated rings. The number of anilines is 1. The van der Waals surface area contributed by atoms with Gasteiger partial charge in [0.1, 0.15) is 0 Å². The van der Waals surface area contributed by atoms with Crippen LogP contribution in [-0.4, -0.2) is 6.54 Å². The third-order valence-corrected chi connectivity index (χ3v) is 2.86. The molecule has 0 bridgehead atoms. The number of unbranched alkanes of at least 4 members (excludes halogenated alkanes) is 3. The van der Waals surface area contributed by atoms with Crippen molar-refractivity contribution in [1.82, 2.24) is 0 Å².